The van der Waals surface area contributed by atoms with Gasteiger partial charge in [0.2, 0.25) is 0 Å². The van der Waals surface area contributed by atoms with Gasteiger partial charge in [0.05, 0.1) is 24.3 Å². The number of methoxy groups -OCH3 is 1. The molecule has 0 bridgehead atoms. The maximum Gasteiger partial charge on any atom is 0.321 e. The summed E-state index contributed by atoms with van der Waals surface area (Å²) in [5.41, 5.74) is 2.73. The van der Waals surface area contributed by atoms with Crippen molar-refractivity contribution in [2.75, 3.05) is 25.5 Å². The molecule has 7 nitrogen and oxygen atoms in total. The second kappa shape index (κ2) is 7.50. The molecule has 0 spiro atoms. The van der Waals surface area contributed by atoms with Crippen LogP contribution < -0.4 is 10.1 Å². The zero-order valence-electron chi connectivity index (χ0n) is 16.4. The first-order chi connectivity index (χ1) is 13.6. The number of likely N-dealkylation sites (tertiary alicyclic amines) is 1. The van der Waals surface area contributed by atoms with Crippen molar-refractivity contribution in [3.8, 4) is 5.75 Å². The molecule has 1 aliphatic heterocycles. The van der Waals surface area contributed by atoms with Crippen LogP contribution in [0.3, 0.4) is 0 Å². The fourth-order valence-corrected chi connectivity index (χ4v) is 3.85. The van der Waals surface area contributed by atoms with Crippen LogP contribution in [0.5, 0.6) is 5.75 Å². The maximum absolute atomic E-state index is 12.7. The molecular formula is C21H25N5O2. The van der Waals surface area contributed by atoms with E-state index in [1.807, 2.05) is 41.4 Å². The number of imidazole rings is 1. The SMILES string of the molecule is COc1cccc(NC(=O)N2CCC(c3nc4ccncc4n3C(C)C)C2)c1. The van der Waals surface area contributed by atoms with E-state index in [0.717, 1.165) is 34.7 Å². The van der Waals surface area contributed by atoms with Crippen LogP contribution >= 0.6 is 0 Å². The third-order valence-corrected chi connectivity index (χ3v) is 5.20. The molecule has 7 heteroatoms. The average Bonchev–Trinajstić information content (AvgIpc) is 3.32. The first-order valence-corrected chi connectivity index (χ1v) is 9.58. The van der Waals surface area contributed by atoms with Crippen molar-refractivity contribution in [3.05, 3.63) is 48.5 Å². The predicted octanol–water partition coefficient (Wildman–Crippen LogP) is 4.04. The highest BCUT2D eigenvalue weighted by molar-refractivity contribution is 5.89. The number of urea groups is 1. The minimum Gasteiger partial charge on any atom is -0.497 e. The molecule has 1 aromatic carbocycles. The molecule has 146 valence electrons. The summed E-state index contributed by atoms with van der Waals surface area (Å²) < 4.78 is 7.47. The van der Waals surface area contributed by atoms with Crippen molar-refractivity contribution in [3.63, 3.8) is 0 Å². The van der Waals surface area contributed by atoms with Crippen LogP contribution in [0.1, 0.15) is 38.1 Å². The molecule has 1 fully saturated rings. The van der Waals surface area contributed by atoms with Crippen molar-refractivity contribution in [1.82, 2.24) is 19.4 Å². The number of aromatic nitrogens is 3. The van der Waals surface area contributed by atoms with Gasteiger partial charge in [-0.05, 0) is 38.5 Å². The number of hydrogen-bond donors (Lipinski definition) is 1. The predicted molar refractivity (Wildman–Crippen MR) is 109 cm³/mol. The quantitative estimate of drug-likeness (QED) is 0.742. The lowest BCUT2D eigenvalue weighted by Gasteiger charge is -2.19. The van der Waals surface area contributed by atoms with Crippen LogP contribution in [0.15, 0.2) is 42.7 Å². The summed E-state index contributed by atoms with van der Waals surface area (Å²) >= 11 is 0. The van der Waals surface area contributed by atoms with E-state index >= 15 is 0 Å². The van der Waals surface area contributed by atoms with Gasteiger partial charge in [0.15, 0.2) is 0 Å². The Morgan fingerprint density at radius 1 is 1.32 bits per heavy atom. The Morgan fingerprint density at radius 2 is 2.18 bits per heavy atom. The van der Waals surface area contributed by atoms with Crippen molar-refractivity contribution < 1.29 is 9.53 Å². The molecule has 28 heavy (non-hydrogen) atoms. The largest absolute Gasteiger partial charge is 0.497 e. The molecule has 0 aliphatic carbocycles. The fraction of sp³-hybridized carbons (Fsp3) is 0.381. The number of fused-ring (bicyclic) bond motifs is 1. The van der Waals surface area contributed by atoms with Crippen LogP contribution in [-0.4, -0.2) is 45.7 Å². The van der Waals surface area contributed by atoms with Crippen molar-refractivity contribution in [1.29, 1.82) is 0 Å². The molecule has 4 rings (SSSR count). The first-order valence-electron chi connectivity index (χ1n) is 9.58. The highest BCUT2D eigenvalue weighted by Gasteiger charge is 2.31. The van der Waals surface area contributed by atoms with Crippen LogP contribution in [0.25, 0.3) is 11.0 Å². The minimum atomic E-state index is -0.0929. The fourth-order valence-electron chi connectivity index (χ4n) is 3.85. The lowest BCUT2D eigenvalue weighted by molar-refractivity contribution is 0.222. The third kappa shape index (κ3) is 3.40. The second-order valence-corrected chi connectivity index (χ2v) is 7.39. The molecule has 0 radical (unpaired) electrons. The van der Waals surface area contributed by atoms with E-state index in [1.54, 1.807) is 13.3 Å². The zero-order chi connectivity index (χ0) is 19.7. The van der Waals surface area contributed by atoms with Gasteiger partial charge in [-0.25, -0.2) is 9.78 Å². The van der Waals surface area contributed by atoms with Crippen LogP contribution in [0, 0.1) is 0 Å². The first kappa shape index (κ1) is 18.3. The summed E-state index contributed by atoms with van der Waals surface area (Å²) in [6.45, 7) is 5.67. The average molecular weight is 379 g/mol. The van der Waals surface area contributed by atoms with Gasteiger partial charge in [-0.3, -0.25) is 4.98 Å². The van der Waals surface area contributed by atoms with Crippen LogP contribution in [0.2, 0.25) is 0 Å². The second-order valence-electron chi connectivity index (χ2n) is 7.39. The number of rotatable bonds is 4. The van der Waals surface area contributed by atoms with E-state index in [2.05, 4.69) is 28.7 Å². The van der Waals surface area contributed by atoms with Crippen molar-refractivity contribution in [2.45, 2.75) is 32.2 Å². The summed E-state index contributed by atoms with van der Waals surface area (Å²) in [6.07, 6.45) is 4.54. The van der Waals surface area contributed by atoms with E-state index in [-0.39, 0.29) is 18.0 Å². The van der Waals surface area contributed by atoms with Gasteiger partial charge in [0.1, 0.15) is 11.6 Å². The Morgan fingerprint density at radius 3 is 2.96 bits per heavy atom. The van der Waals surface area contributed by atoms with Gasteiger partial charge in [0, 0.05) is 43.0 Å². The Hall–Kier alpha value is -3.09. The van der Waals surface area contributed by atoms with Crippen LogP contribution in [-0.2, 0) is 0 Å². The van der Waals surface area contributed by atoms with E-state index < -0.39 is 0 Å². The standard InChI is InChI=1S/C21H25N5O2/c1-14(2)26-19-12-22-9-7-18(19)24-20(26)15-8-10-25(13-15)21(27)23-16-5-4-6-17(11-16)28-3/h4-7,9,11-12,14-15H,8,10,13H2,1-3H3,(H,23,27). The number of anilines is 1. The Bertz CT molecular complexity index is 997. The number of carbonyl (C=O) groups excluding carboxylic acids is 1. The smallest absolute Gasteiger partial charge is 0.321 e. The number of carbonyl (C=O) groups is 1. The van der Waals surface area contributed by atoms with E-state index in [4.69, 9.17) is 9.72 Å². The van der Waals surface area contributed by atoms with Gasteiger partial charge in [0.25, 0.3) is 0 Å². The van der Waals surface area contributed by atoms with Gasteiger partial charge in [-0.15, -0.1) is 0 Å². The summed E-state index contributed by atoms with van der Waals surface area (Å²) in [5, 5.41) is 2.96. The summed E-state index contributed by atoms with van der Waals surface area (Å²) in [6, 6.07) is 9.52. The van der Waals surface area contributed by atoms with Gasteiger partial charge in [-0.1, -0.05) is 6.07 Å². The number of nitrogens with zero attached hydrogens (tertiary/aromatic N) is 4. The summed E-state index contributed by atoms with van der Waals surface area (Å²) in [5.74, 6) is 1.97. The summed E-state index contributed by atoms with van der Waals surface area (Å²) in [7, 11) is 1.61. The number of pyridine rings is 1. The van der Waals surface area contributed by atoms with E-state index in [1.165, 1.54) is 0 Å². The molecule has 2 amide bonds. The number of ether oxygens (including phenoxy) is 1. The molecule has 3 heterocycles. The monoisotopic (exact) mass is 379 g/mol. The number of nitrogens with one attached hydrogen (secondary N) is 1. The van der Waals surface area contributed by atoms with Gasteiger partial charge < -0.3 is 19.5 Å². The number of hydrogen-bond acceptors (Lipinski definition) is 4. The van der Waals surface area contributed by atoms with E-state index in [0.29, 0.717) is 13.1 Å². The van der Waals surface area contributed by atoms with E-state index in [9.17, 15) is 4.79 Å². The third-order valence-electron chi connectivity index (χ3n) is 5.20. The molecule has 2 aromatic heterocycles. The molecule has 0 saturated carbocycles. The molecule has 1 aliphatic rings. The molecule has 3 aromatic rings. The zero-order valence-corrected chi connectivity index (χ0v) is 16.4. The van der Waals surface area contributed by atoms with Crippen molar-refractivity contribution in [2.24, 2.45) is 0 Å². The number of benzene rings is 1. The Balaban J connectivity index is 1.52. The molecular weight excluding hydrogens is 354 g/mol. The van der Waals surface area contributed by atoms with Gasteiger partial charge >= 0.3 is 6.03 Å². The lowest BCUT2D eigenvalue weighted by Crippen LogP contribution is -2.33. The van der Waals surface area contributed by atoms with Crippen molar-refractivity contribution >= 4 is 22.8 Å². The molecule has 1 unspecified atom stereocenters. The topological polar surface area (TPSA) is 72.3 Å². The molecule has 1 atom stereocenters. The normalized spacial score (nSPS) is 16.7. The lowest BCUT2D eigenvalue weighted by atomic mass is 10.1. The summed E-state index contributed by atoms with van der Waals surface area (Å²) in [4.78, 5) is 23.7. The highest BCUT2D eigenvalue weighted by Crippen LogP contribution is 2.32. The minimum absolute atomic E-state index is 0.0929. The Labute approximate surface area is 164 Å². The Kier molecular flexibility index (Phi) is 4.90. The highest BCUT2D eigenvalue weighted by atomic mass is 16.5. The molecule has 1 N–H and O–H groups in total. The number of amides is 2. The molecule has 1 saturated heterocycles. The van der Waals surface area contributed by atoms with Crippen LogP contribution in [0.4, 0.5) is 10.5 Å². The maximum atomic E-state index is 12.7. The van der Waals surface area contributed by atoms with Gasteiger partial charge in [-0.2, -0.15) is 0 Å².